The van der Waals surface area contributed by atoms with Crippen molar-refractivity contribution in [3.05, 3.63) is 53.9 Å². The van der Waals surface area contributed by atoms with Gasteiger partial charge in [0.15, 0.2) is 0 Å². The Balaban J connectivity index is 1.69. The number of amides is 1. The summed E-state index contributed by atoms with van der Waals surface area (Å²) in [5, 5.41) is 3.95. The van der Waals surface area contributed by atoms with Crippen molar-refractivity contribution >= 4 is 22.0 Å². The number of aromatic nitrogens is 2. The van der Waals surface area contributed by atoms with Crippen molar-refractivity contribution in [2.24, 2.45) is 7.05 Å². The fourth-order valence-electron chi connectivity index (χ4n) is 3.13. The predicted molar refractivity (Wildman–Crippen MR) is 103 cm³/mol. The highest BCUT2D eigenvalue weighted by atomic mass is 32.2. The third-order valence-electron chi connectivity index (χ3n) is 4.58. The number of hydrogen-bond acceptors (Lipinski definition) is 4. The fourth-order valence-corrected chi connectivity index (χ4v) is 4.58. The zero-order chi connectivity index (χ0) is 19.4. The summed E-state index contributed by atoms with van der Waals surface area (Å²) in [4.78, 5) is 14.7. The molecule has 0 spiro atoms. The molecular weight excluding hydrogens is 364 g/mol. The first-order chi connectivity index (χ1) is 12.9. The van der Waals surface area contributed by atoms with Crippen LogP contribution in [0.5, 0.6) is 0 Å². The number of rotatable bonds is 4. The lowest BCUT2D eigenvalue weighted by atomic mass is 10.1. The fraction of sp³-hybridized carbons (Fsp3) is 0.368. The first kappa shape index (κ1) is 19.3. The van der Waals surface area contributed by atoms with E-state index in [0.29, 0.717) is 31.6 Å². The molecule has 2 heterocycles. The monoisotopic (exact) mass is 388 g/mol. The topological polar surface area (TPSA) is 75.5 Å². The summed E-state index contributed by atoms with van der Waals surface area (Å²) < 4.78 is 28.4. The van der Waals surface area contributed by atoms with E-state index in [1.807, 2.05) is 36.4 Å². The minimum Gasteiger partial charge on any atom is -0.338 e. The standard InChI is InChI=1S/C19H24N4O3S/c1-16(13-17-7-4-3-5-8-17)19(24)22-9-6-10-23(12-11-22)27(25,26)18-14-20-21(2)15-18/h3-5,7-8,13-15H,6,9-12H2,1-2H3/b16-13+. The summed E-state index contributed by atoms with van der Waals surface area (Å²) in [6, 6.07) is 9.68. The molecule has 1 saturated heterocycles. The summed E-state index contributed by atoms with van der Waals surface area (Å²) in [6.45, 7) is 3.38. The predicted octanol–water partition coefficient (Wildman–Crippen LogP) is 1.75. The molecule has 7 nitrogen and oxygen atoms in total. The van der Waals surface area contributed by atoms with Crippen LogP contribution in [0, 0.1) is 0 Å². The number of nitrogens with zero attached hydrogens (tertiary/aromatic N) is 4. The first-order valence-electron chi connectivity index (χ1n) is 8.89. The Morgan fingerprint density at radius 1 is 1.11 bits per heavy atom. The molecule has 1 fully saturated rings. The highest BCUT2D eigenvalue weighted by molar-refractivity contribution is 7.89. The third-order valence-corrected chi connectivity index (χ3v) is 6.43. The van der Waals surface area contributed by atoms with Crippen molar-refractivity contribution in [3.63, 3.8) is 0 Å². The largest absolute Gasteiger partial charge is 0.338 e. The Morgan fingerprint density at radius 3 is 2.52 bits per heavy atom. The van der Waals surface area contributed by atoms with Crippen molar-refractivity contribution < 1.29 is 13.2 Å². The van der Waals surface area contributed by atoms with Crippen LogP contribution in [0.2, 0.25) is 0 Å². The lowest BCUT2D eigenvalue weighted by molar-refractivity contribution is -0.126. The molecule has 0 atom stereocenters. The van der Waals surface area contributed by atoms with Crippen LogP contribution in [0.25, 0.3) is 6.08 Å². The second-order valence-corrected chi connectivity index (χ2v) is 8.58. The van der Waals surface area contributed by atoms with E-state index < -0.39 is 10.0 Å². The van der Waals surface area contributed by atoms with E-state index in [1.165, 1.54) is 21.4 Å². The van der Waals surface area contributed by atoms with Gasteiger partial charge in [-0.25, -0.2) is 8.42 Å². The molecule has 8 heteroatoms. The third kappa shape index (κ3) is 4.45. The molecule has 0 aliphatic carbocycles. The van der Waals surface area contributed by atoms with Crippen LogP contribution in [-0.4, -0.2) is 59.5 Å². The van der Waals surface area contributed by atoms with E-state index in [2.05, 4.69) is 5.10 Å². The van der Waals surface area contributed by atoms with Gasteiger partial charge in [-0.05, 0) is 25.0 Å². The number of benzene rings is 1. The average Bonchev–Trinajstić information content (AvgIpc) is 2.95. The lowest BCUT2D eigenvalue weighted by Gasteiger charge is -2.22. The number of carbonyl (C=O) groups is 1. The molecule has 1 amide bonds. The summed E-state index contributed by atoms with van der Waals surface area (Å²) in [5.74, 6) is -0.0560. The van der Waals surface area contributed by atoms with Crippen LogP contribution in [0.4, 0.5) is 0 Å². The lowest BCUT2D eigenvalue weighted by Crippen LogP contribution is -2.37. The number of sulfonamides is 1. The summed E-state index contributed by atoms with van der Waals surface area (Å²) in [7, 11) is -1.90. The normalized spacial score (nSPS) is 17.0. The Kier molecular flexibility index (Phi) is 5.76. The van der Waals surface area contributed by atoms with E-state index in [0.717, 1.165) is 5.56 Å². The molecule has 3 rings (SSSR count). The Bertz CT molecular complexity index is 935. The Morgan fingerprint density at radius 2 is 1.85 bits per heavy atom. The molecule has 1 aliphatic heterocycles. The van der Waals surface area contributed by atoms with E-state index in [9.17, 15) is 13.2 Å². The van der Waals surface area contributed by atoms with Gasteiger partial charge in [0.2, 0.25) is 15.9 Å². The van der Waals surface area contributed by atoms with Crippen molar-refractivity contribution in [2.45, 2.75) is 18.2 Å². The van der Waals surface area contributed by atoms with Gasteiger partial charge >= 0.3 is 0 Å². The smallest absolute Gasteiger partial charge is 0.249 e. The molecular formula is C19H24N4O3S. The van der Waals surface area contributed by atoms with Crippen LogP contribution < -0.4 is 0 Å². The molecule has 2 aromatic rings. The number of hydrogen-bond donors (Lipinski definition) is 0. The Hall–Kier alpha value is -2.45. The van der Waals surface area contributed by atoms with Gasteiger partial charge in [0.25, 0.3) is 0 Å². The first-order valence-corrected chi connectivity index (χ1v) is 10.3. The quantitative estimate of drug-likeness (QED) is 0.748. The van der Waals surface area contributed by atoms with E-state index in [-0.39, 0.29) is 17.3 Å². The molecule has 0 bridgehead atoms. The zero-order valence-electron chi connectivity index (χ0n) is 15.6. The summed E-state index contributed by atoms with van der Waals surface area (Å²) in [5.41, 5.74) is 1.61. The van der Waals surface area contributed by atoms with Crippen molar-refractivity contribution in [1.82, 2.24) is 19.0 Å². The molecule has 1 aromatic carbocycles. The zero-order valence-corrected chi connectivity index (χ0v) is 16.4. The second-order valence-electron chi connectivity index (χ2n) is 6.64. The molecule has 0 saturated carbocycles. The van der Waals surface area contributed by atoms with Crippen LogP contribution in [0.1, 0.15) is 18.9 Å². The SMILES string of the molecule is C/C(=C\c1ccccc1)C(=O)N1CCCN(S(=O)(=O)c2cnn(C)c2)CC1. The maximum absolute atomic E-state index is 12.8. The van der Waals surface area contributed by atoms with Crippen LogP contribution in [0.3, 0.4) is 0 Å². The second kappa shape index (κ2) is 8.06. The maximum atomic E-state index is 12.8. The van der Waals surface area contributed by atoms with Crippen LogP contribution >= 0.6 is 0 Å². The highest BCUT2D eigenvalue weighted by Gasteiger charge is 2.29. The summed E-state index contributed by atoms with van der Waals surface area (Å²) in [6.07, 6.45) is 5.31. The van der Waals surface area contributed by atoms with Gasteiger partial charge in [-0.3, -0.25) is 9.48 Å². The van der Waals surface area contributed by atoms with Gasteiger partial charge < -0.3 is 4.90 Å². The minimum absolute atomic E-state index is 0.0560. The molecule has 1 aliphatic rings. The molecule has 1 aromatic heterocycles. The van der Waals surface area contributed by atoms with Crippen molar-refractivity contribution in [3.8, 4) is 0 Å². The average molecular weight is 388 g/mol. The van der Waals surface area contributed by atoms with E-state index >= 15 is 0 Å². The molecule has 27 heavy (non-hydrogen) atoms. The number of carbonyl (C=O) groups excluding carboxylic acids is 1. The molecule has 144 valence electrons. The minimum atomic E-state index is -3.59. The van der Waals surface area contributed by atoms with Crippen molar-refractivity contribution in [2.75, 3.05) is 26.2 Å². The van der Waals surface area contributed by atoms with Crippen LogP contribution in [0.15, 0.2) is 53.2 Å². The molecule has 0 radical (unpaired) electrons. The Labute approximate surface area is 159 Å². The van der Waals surface area contributed by atoms with Gasteiger partial charge in [0.1, 0.15) is 4.90 Å². The summed E-state index contributed by atoms with van der Waals surface area (Å²) >= 11 is 0. The van der Waals surface area contributed by atoms with Gasteiger partial charge in [-0.2, -0.15) is 9.40 Å². The molecule has 0 N–H and O–H groups in total. The van der Waals surface area contributed by atoms with E-state index in [1.54, 1.807) is 18.9 Å². The van der Waals surface area contributed by atoms with Gasteiger partial charge in [-0.15, -0.1) is 0 Å². The van der Waals surface area contributed by atoms with Gasteiger partial charge in [0, 0.05) is 45.0 Å². The van der Waals surface area contributed by atoms with Crippen molar-refractivity contribution in [1.29, 1.82) is 0 Å². The van der Waals surface area contributed by atoms with E-state index in [4.69, 9.17) is 0 Å². The highest BCUT2D eigenvalue weighted by Crippen LogP contribution is 2.18. The molecule has 0 unspecified atom stereocenters. The van der Waals surface area contributed by atoms with Gasteiger partial charge in [-0.1, -0.05) is 30.3 Å². The van der Waals surface area contributed by atoms with Crippen LogP contribution in [-0.2, 0) is 21.9 Å². The maximum Gasteiger partial charge on any atom is 0.249 e. The van der Waals surface area contributed by atoms with Gasteiger partial charge in [0.05, 0.1) is 6.20 Å². The number of aryl methyl sites for hydroxylation is 1.